The zero-order valence-corrected chi connectivity index (χ0v) is 6.09. The first-order chi connectivity index (χ1) is 5.16. The minimum absolute atomic E-state index is 0.147. The number of nitrogens with zero attached hydrogens (tertiary/aromatic N) is 1. The first-order valence-electron chi connectivity index (χ1n) is 3.09. The Bertz CT molecular complexity index is 172. The molecule has 0 saturated heterocycles. The van der Waals surface area contributed by atoms with Crippen molar-refractivity contribution in [3.05, 3.63) is 0 Å². The van der Waals surface area contributed by atoms with Gasteiger partial charge in [-0.1, -0.05) is 0 Å². The van der Waals surface area contributed by atoms with Gasteiger partial charge in [-0.2, -0.15) is 0 Å². The van der Waals surface area contributed by atoms with Crippen LogP contribution in [0.15, 0.2) is 4.99 Å². The van der Waals surface area contributed by atoms with E-state index in [1.807, 2.05) is 0 Å². The molecule has 0 aliphatic carbocycles. The fourth-order valence-corrected chi connectivity index (χ4v) is 0.390. The lowest BCUT2D eigenvalue weighted by molar-refractivity contribution is 1.06. The van der Waals surface area contributed by atoms with Crippen molar-refractivity contribution in [3.8, 4) is 0 Å². The van der Waals surface area contributed by atoms with Crippen LogP contribution in [0.5, 0.6) is 0 Å². The molecule has 0 aliphatic rings. The van der Waals surface area contributed by atoms with E-state index in [2.05, 4.69) is 10.3 Å². The van der Waals surface area contributed by atoms with Gasteiger partial charge >= 0.3 is 0 Å². The summed E-state index contributed by atoms with van der Waals surface area (Å²) in [4.78, 5) is 3.60. The Hall–Kier alpha value is -1.43. The number of guanidine groups is 2. The molecular weight excluding hydrogens is 144 g/mol. The summed E-state index contributed by atoms with van der Waals surface area (Å²) in [7, 11) is 0. The van der Waals surface area contributed by atoms with Crippen molar-refractivity contribution in [1.29, 1.82) is 10.8 Å². The van der Waals surface area contributed by atoms with E-state index in [9.17, 15) is 0 Å². The highest BCUT2D eigenvalue weighted by atomic mass is 15.2. The summed E-state index contributed by atoms with van der Waals surface area (Å²) in [5, 5.41) is 16.0. The topological polar surface area (TPSA) is 124 Å². The van der Waals surface area contributed by atoms with Gasteiger partial charge in [0.1, 0.15) is 0 Å². The highest BCUT2D eigenvalue weighted by Crippen LogP contribution is 1.71. The van der Waals surface area contributed by atoms with Crippen LogP contribution in [0, 0.1) is 10.8 Å². The van der Waals surface area contributed by atoms with Gasteiger partial charge in [0.05, 0.1) is 0 Å². The largest absolute Gasteiger partial charge is 0.370 e. The molecule has 11 heavy (non-hydrogen) atoms. The van der Waals surface area contributed by atoms with Gasteiger partial charge in [-0.25, -0.2) is 4.99 Å². The first-order valence-corrected chi connectivity index (χ1v) is 3.09. The van der Waals surface area contributed by atoms with Crippen molar-refractivity contribution in [2.24, 2.45) is 16.5 Å². The van der Waals surface area contributed by atoms with Crippen LogP contribution in [0.25, 0.3) is 0 Å². The van der Waals surface area contributed by atoms with Gasteiger partial charge in [0.15, 0.2) is 5.96 Å². The van der Waals surface area contributed by atoms with Crippen molar-refractivity contribution < 1.29 is 0 Å². The summed E-state index contributed by atoms with van der Waals surface area (Å²) in [5.41, 5.74) is 10.1. The van der Waals surface area contributed by atoms with Crippen LogP contribution in [0.4, 0.5) is 0 Å². The minimum atomic E-state index is -0.292. The fraction of sp³-hybridized carbons (Fsp3) is 0.400. The van der Waals surface area contributed by atoms with Crippen molar-refractivity contribution >= 4 is 18.1 Å². The van der Waals surface area contributed by atoms with Gasteiger partial charge in [0.2, 0.25) is 5.96 Å². The molecule has 0 fully saturated rings. The van der Waals surface area contributed by atoms with Crippen LogP contribution in [-0.4, -0.2) is 24.7 Å². The van der Waals surface area contributed by atoms with Crippen LogP contribution in [0.1, 0.15) is 6.42 Å². The fourth-order valence-electron chi connectivity index (χ4n) is 0.390. The van der Waals surface area contributed by atoms with E-state index in [-0.39, 0.29) is 11.9 Å². The molecule has 0 unspecified atom stereocenters. The quantitative estimate of drug-likeness (QED) is 0.255. The predicted octanol–water partition coefficient (Wildman–Crippen LogP) is -1.18. The second-order valence-corrected chi connectivity index (χ2v) is 1.78. The van der Waals surface area contributed by atoms with Crippen LogP contribution in [0.3, 0.4) is 0 Å². The smallest absolute Gasteiger partial charge is 0.221 e. The number of nitrogens with two attached hydrogens (primary N) is 2. The molecular formula is C5H12N6. The molecule has 0 aliphatic heterocycles. The van der Waals surface area contributed by atoms with Crippen molar-refractivity contribution in [2.45, 2.75) is 6.42 Å². The Balaban J connectivity index is 3.60. The molecule has 0 bridgehead atoms. The molecule has 0 aromatic rings. The Morgan fingerprint density at radius 1 is 1.55 bits per heavy atom. The summed E-state index contributed by atoms with van der Waals surface area (Å²) < 4.78 is 0. The van der Waals surface area contributed by atoms with Crippen LogP contribution in [-0.2, 0) is 0 Å². The molecule has 6 heteroatoms. The van der Waals surface area contributed by atoms with E-state index in [1.165, 1.54) is 6.21 Å². The number of hydrogen-bond donors (Lipinski definition) is 5. The number of aliphatic imine (C=N–C) groups is 1. The third-order valence-corrected chi connectivity index (χ3v) is 0.769. The molecule has 6 nitrogen and oxygen atoms in total. The summed E-state index contributed by atoms with van der Waals surface area (Å²) in [6, 6.07) is 0. The second kappa shape index (κ2) is 5.36. The maximum absolute atomic E-state index is 7.03. The van der Waals surface area contributed by atoms with Gasteiger partial charge in [0, 0.05) is 6.21 Å². The summed E-state index contributed by atoms with van der Waals surface area (Å²) in [6.45, 7) is 0.497. The molecule has 0 aromatic carbocycles. The van der Waals surface area contributed by atoms with E-state index in [1.54, 1.807) is 0 Å². The molecule has 0 atom stereocenters. The van der Waals surface area contributed by atoms with Crippen molar-refractivity contribution in [2.75, 3.05) is 6.54 Å². The van der Waals surface area contributed by atoms with E-state index in [4.69, 9.17) is 22.3 Å². The summed E-state index contributed by atoms with van der Waals surface area (Å²) >= 11 is 0. The SMILES string of the molecule is N=C(N)NC(=N)N=CCCN. The predicted molar refractivity (Wildman–Crippen MR) is 44.9 cm³/mol. The molecule has 0 spiro atoms. The number of hydrogen-bond acceptors (Lipinski definition) is 3. The highest BCUT2D eigenvalue weighted by molar-refractivity contribution is 5.98. The monoisotopic (exact) mass is 156 g/mol. The summed E-state index contributed by atoms with van der Waals surface area (Å²) in [6.07, 6.45) is 2.11. The molecule has 0 aromatic heterocycles. The lowest BCUT2D eigenvalue weighted by Gasteiger charge is -1.97. The Morgan fingerprint density at radius 2 is 2.18 bits per heavy atom. The maximum Gasteiger partial charge on any atom is 0.221 e. The van der Waals surface area contributed by atoms with Crippen LogP contribution < -0.4 is 16.8 Å². The van der Waals surface area contributed by atoms with Crippen LogP contribution in [0.2, 0.25) is 0 Å². The molecule has 0 heterocycles. The van der Waals surface area contributed by atoms with Gasteiger partial charge in [-0.3, -0.25) is 16.1 Å². The maximum atomic E-state index is 7.03. The van der Waals surface area contributed by atoms with E-state index < -0.39 is 0 Å². The Kier molecular flexibility index (Phi) is 4.67. The van der Waals surface area contributed by atoms with E-state index in [0.29, 0.717) is 13.0 Å². The lowest BCUT2D eigenvalue weighted by Crippen LogP contribution is -2.34. The standard InChI is InChI=1S/C5H12N6/c6-2-1-3-10-5(9)11-4(7)8/h3H,1-2,6H2,(H5,7,8,9,11). The average Bonchev–Trinajstić information content (AvgIpc) is 1.86. The zero-order valence-electron chi connectivity index (χ0n) is 6.09. The lowest BCUT2D eigenvalue weighted by atomic mass is 10.5. The molecule has 0 amide bonds. The van der Waals surface area contributed by atoms with Gasteiger partial charge in [-0.05, 0) is 13.0 Å². The minimum Gasteiger partial charge on any atom is -0.370 e. The molecule has 7 N–H and O–H groups in total. The Labute approximate surface area is 64.7 Å². The summed E-state index contributed by atoms with van der Waals surface area (Å²) in [5.74, 6) is -0.439. The van der Waals surface area contributed by atoms with Gasteiger partial charge < -0.3 is 11.5 Å². The van der Waals surface area contributed by atoms with Crippen LogP contribution >= 0.6 is 0 Å². The number of rotatable bonds is 2. The molecule has 62 valence electrons. The van der Waals surface area contributed by atoms with Crippen molar-refractivity contribution in [1.82, 2.24) is 5.32 Å². The zero-order chi connectivity index (χ0) is 8.69. The third-order valence-electron chi connectivity index (χ3n) is 0.769. The Morgan fingerprint density at radius 3 is 2.64 bits per heavy atom. The molecule has 0 saturated carbocycles. The van der Waals surface area contributed by atoms with Crippen molar-refractivity contribution in [3.63, 3.8) is 0 Å². The highest BCUT2D eigenvalue weighted by Gasteiger charge is 1.90. The second-order valence-electron chi connectivity index (χ2n) is 1.78. The molecule has 0 radical (unpaired) electrons. The number of nitrogens with one attached hydrogen (secondary N) is 3. The van der Waals surface area contributed by atoms with Gasteiger partial charge in [0.25, 0.3) is 0 Å². The van der Waals surface area contributed by atoms with E-state index >= 15 is 0 Å². The molecule has 0 rings (SSSR count). The van der Waals surface area contributed by atoms with Gasteiger partial charge in [-0.15, -0.1) is 0 Å². The first kappa shape index (κ1) is 9.57. The average molecular weight is 156 g/mol. The third kappa shape index (κ3) is 6.46. The van der Waals surface area contributed by atoms with E-state index in [0.717, 1.165) is 0 Å². The normalized spacial score (nSPS) is 9.91.